The maximum atomic E-state index is 13.2. The smallest absolute Gasteiger partial charge is 0.337 e. The van der Waals surface area contributed by atoms with Gasteiger partial charge in [0.1, 0.15) is 5.75 Å². The third-order valence-electron chi connectivity index (χ3n) is 5.67. The fourth-order valence-corrected chi connectivity index (χ4v) is 4.98. The summed E-state index contributed by atoms with van der Waals surface area (Å²) in [5, 5.41) is 0.947. The number of carbonyl (C=O) groups excluding carboxylic acids is 3. The van der Waals surface area contributed by atoms with Gasteiger partial charge in [0.25, 0.3) is 11.8 Å². The molecule has 2 aromatic rings. The van der Waals surface area contributed by atoms with Crippen LogP contribution in [-0.2, 0) is 19.1 Å². The van der Waals surface area contributed by atoms with Crippen molar-refractivity contribution in [2.45, 2.75) is 6.92 Å². The van der Waals surface area contributed by atoms with Crippen LogP contribution in [0, 0.1) is 0 Å². The van der Waals surface area contributed by atoms with Crippen LogP contribution in [0.2, 0.25) is 5.02 Å². The Morgan fingerprint density at radius 3 is 2.70 bits per heavy atom. The maximum Gasteiger partial charge on any atom is 0.337 e. The molecule has 2 aliphatic heterocycles. The minimum absolute atomic E-state index is 0.135. The van der Waals surface area contributed by atoms with Crippen LogP contribution in [0.25, 0.3) is 6.08 Å². The van der Waals surface area contributed by atoms with Gasteiger partial charge in [-0.15, -0.1) is 0 Å². The molecule has 2 heterocycles. The first-order valence-electron chi connectivity index (χ1n) is 11.7. The third kappa shape index (κ3) is 6.51. The lowest BCUT2D eigenvalue weighted by Crippen LogP contribution is -2.43. The van der Waals surface area contributed by atoms with Crippen LogP contribution in [0.15, 0.2) is 52.4 Å². The SMILES string of the molecule is CCN1C(=O)C(=Cc2cc(Cl)ccc2OCC(=O)N2CCOCC2)SC1=Nc1cccc(C(=O)OC)c1. The number of halogens is 1. The monoisotopic (exact) mass is 543 g/mol. The van der Waals surface area contributed by atoms with E-state index in [1.165, 1.54) is 18.9 Å². The average molecular weight is 544 g/mol. The van der Waals surface area contributed by atoms with Crippen molar-refractivity contribution in [2.24, 2.45) is 4.99 Å². The fourth-order valence-electron chi connectivity index (χ4n) is 3.75. The van der Waals surface area contributed by atoms with Gasteiger partial charge in [-0.05, 0) is 61.2 Å². The maximum absolute atomic E-state index is 13.2. The number of likely N-dealkylation sites (N-methyl/N-ethyl adjacent to an activating group) is 1. The van der Waals surface area contributed by atoms with Gasteiger partial charge in [0.2, 0.25) is 0 Å². The number of thioether (sulfide) groups is 1. The standard InChI is InChI=1S/C26H26ClN3O6S/c1-3-30-24(32)22(37-26(30)28-20-6-4-5-17(14-20)25(33)34-2)15-18-13-19(27)7-8-21(18)36-16-23(31)29-9-11-35-12-10-29/h4-8,13-15H,3,9-12,16H2,1-2H3. The Kier molecular flexibility index (Phi) is 8.86. The van der Waals surface area contributed by atoms with Crippen LogP contribution >= 0.6 is 23.4 Å². The Morgan fingerprint density at radius 1 is 1.19 bits per heavy atom. The average Bonchev–Trinajstić information content (AvgIpc) is 3.21. The van der Waals surface area contributed by atoms with Crippen molar-refractivity contribution in [1.29, 1.82) is 0 Å². The summed E-state index contributed by atoms with van der Waals surface area (Å²) in [6.45, 7) is 4.20. The quantitative estimate of drug-likeness (QED) is 0.385. The number of amidine groups is 1. The summed E-state index contributed by atoms with van der Waals surface area (Å²) in [6, 6.07) is 11.7. The number of methoxy groups -OCH3 is 1. The molecule has 0 radical (unpaired) electrons. The van der Waals surface area contributed by atoms with Gasteiger partial charge < -0.3 is 19.1 Å². The Labute approximate surface area is 224 Å². The molecule has 0 unspecified atom stereocenters. The van der Waals surface area contributed by atoms with E-state index < -0.39 is 5.97 Å². The number of aliphatic imine (C=N–C) groups is 1. The van der Waals surface area contributed by atoms with E-state index in [1.54, 1.807) is 58.3 Å². The molecule has 0 aromatic heterocycles. The molecule has 2 fully saturated rings. The molecule has 194 valence electrons. The molecule has 0 bridgehead atoms. The van der Waals surface area contributed by atoms with Gasteiger partial charge in [0, 0.05) is 30.2 Å². The normalized spacial score (nSPS) is 18.0. The number of benzene rings is 2. The van der Waals surface area contributed by atoms with Gasteiger partial charge in [-0.2, -0.15) is 0 Å². The predicted molar refractivity (Wildman–Crippen MR) is 142 cm³/mol. The van der Waals surface area contributed by atoms with Crippen LogP contribution in [0.3, 0.4) is 0 Å². The minimum atomic E-state index is -0.467. The first-order valence-corrected chi connectivity index (χ1v) is 12.9. The second-order valence-electron chi connectivity index (χ2n) is 8.06. The van der Waals surface area contributed by atoms with E-state index in [2.05, 4.69) is 4.99 Å². The van der Waals surface area contributed by atoms with E-state index in [9.17, 15) is 14.4 Å². The Bertz CT molecular complexity index is 1260. The van der Waals surface area contributed by atoms with E-state index in [-0.39, 0.29) is 18.4 Å². The Balaban J connectivity index is 1.56. The highest BCUT2D eigenvalue weighted by Crippen LogP contribution is 2.36. The molecule has 0 atom stereocenters. The zero-order valence-corrected chi connectivity index (χ0v) is 22.0. The number of hydrogen-bond donors (Lipinski definition) is 0. The van der Waals surface area contributed by atoms with E-state index in [1.807, 2.05) is 6.92 Å². The molecule has 11 heteroatoms. The first-order chi connectivity index (χ1) is 17.9. The number of carbonyl (C=O) groups is 3. The number of morpholine rings is 1. The number of nitrogens with zero attached hydrogens (tertiary/aromatic N) is 3. The summed E-state index contributed by atoms with van der Waals surface area (Å²) < 4.78 is 15.9. The molecule has 4 rings (SSSR count). The van der Waals surface area contributed by atoms with Crippen LogP contribution < -0.4 is 4.74 Å². The molecular formula is C26H26ClN3O6S. The van der Waals surface area contributed by atoms with Gasteiger partial charge in [-0.25, -0.2) is 9.79 Å². The number of amides is 2. The summed E-state index contributed by atoms with van der Waals surface area (Å²) >= 11 is 7.44. The second-order valence-corrected chi connectivity index (χ2v) is 9.51. The highest BCUT2D eigenvalue weighted by Gasteiger charge is 2.32. The summed E-state index contributed by atoms with van der Waals surface area (Å²) in [5.74, 6) is -0.383. The molecule has 0 spiro atoms. The van der Waals surface area contributed by atoms with Gasteiger partial charge in [0.05, 0.1) is 36.5 Å². The molecule has 2 aliphatic rings. The fraction of sp³-hybridized carbons (Fsp3) is 0.308. The van der Waals surface area contributed by atoms with Gasteiger partial charge in [-0.1, -0.05) is 17.7 Å². The number of ether oxygens (including phenoxy) is 3. The summed E-state index contributed by atoms with van der Waals surface area (Å²) in [5.41, 5.74) is 1.46. The zero-order valence-electron chi connectivity index (χ0n) is 20.4. The highest BCUT2D eigenvalue weighted by atomic mass is 35.5. The van der Waals surface area contributed by atoms with Crippen molar-refractivity contribution in [1.82, 2.24) is 9.80 Å². The largest absolute Gasteiger partial charge is 0.483 e. The minimum Gasteiger partial charge on any atom is -0.483 e. The van der Waals surface area contributed by atoms with E-state index in [4.69, 9.17) is 25.8 Å². The molecular weight excluding hydrogens is 518 g/mol. The van der Waals surface area contributed by atoms with Gasteiger partial charge >= 0.3 is 5.97 Å². The lowest BCUT2D eigenvalue weighted by atomic mass is 10.2. The summed E-state index contributed by atoms with van der Waals surface area (Å²) in [7, 11) is 1.31. The first kappa shape index (κ1) is 26.7. The molecule has 37 heavy (non-hydrogen) atoms. The van der Waals surface area contributed by atoms with Crippen molar-refractivity contribution >= 4 is 58.1 Å². The van der Waals surface area contributed by atoms with E-state index >= 15 is 0 Å². The lowest BCUT2D eigenvalue weighted by molar-refractivity contribution is -0.137. The number of rotatable bonds is 7. The van der Waals surface area contributed by atoms with Crippen molar-refractivity contribution in [3.05, 3.63) is 63.5 Å². The van der Waals surface area contributed by atoms with Crippen LogP contribution in [-0.4, -0.2) is 79.3 Å². The summed E-state index contributed by atoms with van der Waals surface area (Å²) in [6.07, 6.45) is 1.68. The van der Waals surface area contributed by atoms with Crippen molar-refractivity contribution in [2.75, 3.05) is 46.6 Å². The molecule has 0 aliphatic carbocycles. The summed E-state index contributed by atoms with van der Waals surface area (Å²) in [4.78, 5) is 45.8. The van der Waals surface area contributed by atoms with Crippen molar-refractivity contribution < 1.29 is 28.6 Å². The predicted octanol–water partition coefficient (Wildman–Crippen LogP) is 3.99. The van der Waals surface area contributed by atoms with Crippen molar-refractivity contribution in [3.8, 4) is 5.75 Å². The molecule has 0 N–H and O–H groups in total. The lowest BCUT2D eigenvalue weighted by Gasteiger charge is -2.26. The van der Waals surface area contributed by atoms with Gasteiger partial charge in [-0.3, -0.25) is 14.5 Å². The Hall–Kier alpha value is -3.34. The molecule has 2 saturated heterocycles. The second kappa shape index (κ2) is 12.3. The van der Waals surface area contributed by atoms with Crippen LogP contribution in [0.5, 0.6) is 5.75 Å². The molecule has 2 amide bonds. The van der Waals surface area contributed by atoms with Crippen LogP contribution in [0.4, 0.5) is 5.69 Å². The van der Waals surface area contributed by atoms with Crippen molar-refractivity contribution in [3.63, 3.8) is 0 Å². The molecule has 9 nitrogen and oxygen atoms in total. The van der Waals surface area contributed by atoms with E-state index in [0.29, 0.717) is 70.5 Å². The molecule has 2 aromatic carbocycles. The highest BCUT2D eigenvalue weighted by molar-refractivity contribution is 8.18. The number of esters is 1. The number of hydrogen-bond acceptors (Lipinski definition) is 8. The third-order valence-corrected chi connectivity index (χ3v) is 6.91. The van der Waals surface area contributed by atoms with Gasteiger partial charge in [0.15, 0.2) is 11.8 Å². The van der Waals surface area contributed by atoms with Crippen LogP contribution in [0.1, 0.15) is 22.8 Å². The Morgan fingerprint density at radius 2 is 1.97 bits per heavy atom. The topological polar surface area (TPSA) is 97.7 Å². The zero-order chi connectivity index (χ0) is 26.4. The molecule has 0 saturated carbocycles. The van der Waals surface area contributed by atoms with E-state index in [0.717, 1.165) is 0 Å².